The Labute approximate surface area is 91.2 Å². The van der Waals surface area contributed by atoms with E-state index in [1.54, 1.807) is 13.4 Å². The predicted octanol–water partition coefficient (Wildman–Crippen LogP) is 0.947. The van der Waals surface area contributed by atoms with Crippen molar-refractivity contribution < 1.29 is 9.15 Å². The number of ether oxygens (including phenoxy) is 1. The number of hydrogen-bond donors (Lipinski definition) is 1. The summed E-state index contributed by atoms with van der Waals surface area (Å²) in [6.45, 7) is 4.53. The van der Waals surface area contributed by atoms with E-state index in [1.165, 1.54) is 0 Å². The first-order chi connectivity index (χ1) is 7.33. The highest BCUT2D eigenvalue weighted by Gasteiger charge is 1.98. The van der Waals surface area contributed by atoms with Crippen LogP contribution in [-0.4, -0.2) is 45.3 Å². The summed E-state index contributed by atoms with van der Waals surface area (Å²) in [6.07, 6.45) is 1.70. The highest BCUT2D eigenvalue weighted by molar-refractivity contribution is 4.97. The third-order valence-corrected chi connectivity index (χ3v) is 2.23. The molecule has 0 atom stereocenters. The third kappa shape index (κ3) is 5.57. The van der Waals surface area contributed by atoms with Gasteiger partial charge in [-0.3, -0.25) is 0 Å². The average molecular weight is 212 g/mol. The average Bonchev–Trinajstić information content (AvgIpc) is 2.74. The number of nitrogens with zero attached hydrogens (tertiary/aromatic N) is 1. The Morgan fingerprint density at radius 2 is 2.33 bits per heavy atom. The fourth-order valence-electron chi connectivity index (χ4n) is 1.25. The van der Waals surface area contributed by atoms with E-state index < -0.39 is 0 Å². The second-order valence-corrected chi connectivity index (χ2v) is 3.55. The molecule has 0 aliphatic carbocycles. The van der Waals surface area contributed by atoms with Crippen LogP contribution >= 0.6 is 0 Å². The van der Waals surface area contributed by atoms with Gasteiger partial charge in [-0.1, -0.05) is 0 Å². The van der Waals surface area contributed by atoms with Crippen LogP contribution in [0.25, 0.3) is 0 Å². The molecule has 1 N–H and O–H groups in total. The predicted molar refractivity (Wildman–Crippen MR) is 59.8 cm³/mol. The van der Waals surface area contributed by atoms with Gasteiger partial charge in [0.05, 0.1) is 19.4 Å². The molecule has 0 saturated heterocycles. The Morgan fingerprint density at radius 3 is 3.00 bits per heavy atom. The normalized spacial score (nSPS) is 11.1. The van der Waals surface area contributed by atoms with Crippen molar-refractivity contribution in [2.75, 3.05) is 40.4 Å². The molecular formula is C11H20N2O2. The van der Waals surface area contributed by atoms with Gasteiger partial charge in [0.15, 0.2) is 0 Å². The zero-order chi connectivity index (χ0) is 10.9. The quantitative estimate of drug-likeness (QED) is 0.651. The van der Waals surface area contributed by atoms with Crippen LogP contribution in [0.4, 0.5) is 0 Å². The molecule has 0 aromatic carbocycles. The SMILES string of the molecule is COCCN(C)CCNCc1ccco1. The lowest BCUT2D eigenvalue weighted by molar-refractivity contribution is 0.161. The number of methoxy groups -OCH3 is 1. The van der Waals surface area contributed by atoms with Crippen molar-refractivity contribution in [3.05, 3.63) is 24.2 Å². The van der Waals surface area contributed by atoms with E-state index >= 15 is 0 Å². The number of likely N-dealkylation sites (N-methyl/N-ethyl adjacent to an activating group) is 1. The van der Waals surface area contributed by atoms with Gasteiger partial charge in [0, 0.05) is 26.7 Å². The lowest BCUT2D eigenvalue weighted by atomic mass is 10.4. The van der Waals surface area contributed by atoms with Gasteiger partial charge >= 0.3 is 0 Å². The van der Waals surface area contributed by atoms with Gasteiger partial charge in [-0.2, -0.15) is 0 Å². The molecule has 15 heavy (non-hydrogen) atoms. The van der Waals surface area contributed by atoms with Crippen molar-refractivity contribution in [1.82, 2.24) is 10.2 Å². The van der Waals surface area contributed by atoms with Gasteiger partial charge in [-0.25, -0.2) is 0 Å². The monoisotopic (exact) mass is 212 g/mol. The van der Waals surface area contributed by atoms with Crippen LogP contribution in [0.3, 0.4) is 0 Å². The summed E-state index contributed by atoms with van der Waals surface area (Å²) < 4.78 is 10.2. The molecule has 1 heterocycles. The lowest BCUT2D eigenvalue weighted by Gasteiger charge is -2.15. The molecule has 0 bridgehead atoms. The first kappa shape index (κ1) is 12.2. The van der Waals surface area contributed by atoms with E-state index in [-0.39, 0.29) is 0 Å². The topological polar surface area (TPSA) is 37.6 Å². The molecular weight excluding hydrogens is 192 g/mol. The molecule has 86 valence electrons. The largest absolute Gasteiger partial charge is 0.468 e. The molecule has 0 fully saturated rings. The van der Waals surface area contributed by atoms with Crippen molar-refractivity contribution in [2.24, 2.45) is 0 Å². The van der Waals surface area contributed by atoms with E-state index in [1.807, 2.05) is 12.1 Å². The first-order valence-corrected chi connectivity index (χ1v) is 5.23. The van der Waals surface area contributed by atoms with Crippen molar-refractivity contribution in [1.29, 1.82) is 0 Å². The zero-order valence-corrected chi connectivity index (χ0v) is 9.53. The van der Waals surface area contributed by atoms with Crippen molar-refractivity contribution in [3.63, 3.8) is 0 Å². The van der Waals surface area contributed by atoms with Crippen LogP contribution in [0.5, 0.6) is 0 Å². The van der Waals surface area contributed by atoms with Gasteiger partial charge in [0.2, 0.25) is 0 Å². The lowest BCUT2D eigenvalue weighted by Crippen LogP contribution is -2.31. The maximum atomic E-state index is 5.21. The number of furan rings is 1. The van der Waals surface area contributed by atoms with Gasteiger partial charge in [-0.15, -0.1) is 0 Å². The van der Waals surface area contributed by atoms with Crippen LogP contribution in [0, 0.1) is 0 Å². The smallest absolute Gasteiger partial charge is 0.117 e. The molecule has 0 aliphatic rings. The molecule has 1 aromatic heterocycles. The minimum atomic E-state index is 0.786. The Hall–Kier alpha value is -0.840. The molecule has 0 unspecified atom stereocenters. The standard InChI is InChI=1S/C11H20N2O2/c1-13(7-9-14-2)6-5-12-10-11-4-3-8-15-11/h3-4,8,12H,5-7,9-10H2,1-2H3. The van der Waals surface area contributed by atoms with Crippen molar-refractivity contribution in [3.8, 4) is 0 Å². The highest BCUT2D eigenvalue weighted by Crippen LogP contribution is 1.97. The number of rotatable bonds is 8. The molecule has 0 aliphatic heterocycles. The summed E-state index contributed by atoms with van der Waals surface area (Å²) >= 11 is 0. The molecule has 4 heteroatoms. The number of nitrogens with one attached hydrogen (secondary N) is 1. The van der Waals surface area contributed by atoms with Crippen molar-refractivity contribution in [2.45, 2.75) is 6.54 Å². The molecule has 4 nitrogen and oxygen atoms in total. The summed E-state index contributed by atoms with van der Waals surface area (Å²) in [4.78, 5) is 2.23. The summed E-state index contributed by atoms with van der Waals surface area (Å²) in [7, 11) is 3.82. The van der Waals surface area contributed by atoms with Crippen LogP contribution in [0.1, 0.15) is 5.76 Å². The number of hydrogen-bond acceptors (Lipinski definition) is 4. The Balaban J connectivity index is 1.97. The Morgan fingerprint density at radius 1 is 1.47 bits per heavy atom. The summed E-state index contributed by atoms with van der Waals surface area (Å²) in [5.41, 5.74) is 0. The van der Waals surface area contributed by atoms with Gasteiger partial charge in [-0.05, 0) is 19.2 Å². The van der Waals surface area contributed by atoms with Crippen LogP contribution in [0.2, 0.25) is 0 Å². The van der Waals surface area contributed by atoms with Gasteiger partial charge in [0.1, 0.15) is 5.76 Å². The van der Waals surface area contributed by atoms with Crippen LogP contribution in [-0.2, 0) is 11.3 Å². The maximum absolute atomic E-state index is 5.21. The fourth-order valence-corrected chi connectivity index (χ4v) is 1.25. The Kier molecular flexibility index (Phi) is 6.08. The van der Waals surface area contributed by atoms with E-state index in [9.17, 15) is 0 Å². The summed E-state index contributed by atoms with van der Waals surface area (Å²) in [5, 5.41) is 3.32. The first-order valence-electron chi connectivity index (χ1n) is 5.23. The summed E-state index contributed by atoms with van der Waals surface area (Å²) in [5.74, 6) is 0.981. The molecule has 1 aromatic rings. The Bertz CT molecular complexity index is 237. The summed E-state index contributed by atoms with van der Waals surface area (Å²) in [6, 6.07) is 3.88. The molecule has 1 rings (SSSR count). The molecule has 0 amide bonds. The maximum Gasteiger partial charge on any atom is 0.117 e. The fraction of sp³-hybridized carbons (Fsp3) is 0.636. The minimum absolute atomic E-state index is 0.786. The van der Waals surface area contributed by atoms with E-state index in [0.29, 0.717) is 0 Å². The highest BCUT2D eigenvalue weighted by atomic mass is 16.5. The van der Waals surface area contributed by atoms with Gasteiger partial charge < -0.3 is 19.4 Å². The van der Waals surface area contributed by atoms with Crippen LogP contribution < -0.4 is 5.32 Å². The molecule has 0 saturated carbocycles. The molecule has 0 radical (unpaired) electrons. The van der Waals surface area contributed by atoms with Gasteiger partial charge in [0.25, 0.3) is 0 Å². The zero-order valence-electron chi connectivity index (χ0n) is 9.53. The van der Waals surface area contributed by atoms with E-state index in [2.05, 4.69) is 17.3 Å². The van der Waals surface area contributed by atoms with Crippen molar-refractivity contribution >= 4 is 0 Å². The second kappa shape index (κ2) is 7.45. The van der Waals surface area contributed by atoms with E-state index in [4.69, 9.17) is 9.15 Å². The third-order valence-electron chi connectivity index (χ3n) is 2.23. The second-order valence-electron chi connectivity index (χ2n) is 3.55. The minimum Gasteiger partial charge on any atom is -0.468 e. The molecule has 0 spiro atoms. The van der Waals surface area contributed by atoms with Crippen LogP contribution in [0.15, 0.2) is 22.8 Å². The van der Waals surface area contributed by atoms with E-state index in [0.717, 1.165) is 38.5 Å².